The van der Waals surface area contributed by atoms with Gasteiger partial charge in [-0.2, -0.15) is 25.3 Å². The van der Waals surface area contributed by atoms with Crippen LogP contribution in [-0.4, -0.2) is 158 Å². The lowest BCUT2D eigenvalue weighted by Gasteiger charge is -2.27. The van der Waals surface area contributed by atoms with E-state index in [2.05, 4.69) is 87.7 Å². The summed E-state index contributed by atoms with van der Waals surface area (Å²) in [5.41, 5.74) is 19.0. The number of fused-ring (bicyclic) bond motifs is 1. The van der Waals surface area contributed by atoms with Gasteiger partial charge in [-0.25, -0.2) is 9.78 Å². The number of para-hydroxylation sites is 1. The third kappa shape index (κ3) is 18.0. The van der Waals surface area contributed by atoms with Gasteiger partial charge in [0.2, 0.25) is 47.3 Å². The highest BCUT2D eigenvalue weighted by Crippen LogP contribution is 2.20. The number of guanidine groups is 1. The highest BCUT2D eigenvalue weighted by Gasteiger charge is 2.40. The summed E-state index contributed by atoms with van der Waals surface area (Å²) < 4.78 is 0. The van der Waals surface area contributed by atoms with Crippen LogP contribution in [0.3, 0.4) is 0 Å². The molecule has 26 nitrogen and oxygen atoms in total. The van der Waals surface area contributed by atoms with Gasteiger partial charge in [0.15, 0.2) is 5.96 Å². The van der Waals surface area contributed by atoms with Crippen molar-refractivity contribution in [3.63, 3.8) is 0 Å². The second-order valence-corrected chi connectivity index (χ2v) is 19.7. The molecule has 1 aliphatic heterocycles. The van der Waals surface area contributed by atoms with E-state index in [0.29, 0.717) is 23.2 Å². The number of carbonyl (C=O) groups is 10. The molecule has 0 unspecified atom stereocenters. The van der Waals surface area contributed by atoms with E-state index < -0.39 is 114 Å². The number of H-pyrrole nitrogens is 2. The Morgan fingerprint density at radius 1 is 0.679 bits per heavy atom. The van der Waals surface area contributed by atoms with Crippen LogP contribution in [0.15, 0.2) is 78.3 Å². The van der Waals surface area contributed by atoms with E-state index >= 15 is 0 Å². The number of amides is 11. The van der Waals surface area contributed by atoms with Crippen molar-refractivity contribution in [1.82, 2.24) is 62.4 Å². The SMILES string of the molecule is CC(C)C[C@@H]1NC(=O)N(CC(=O)N[C@@H](CS)C(=O)N[C@H](C)C(=O)N[C@@H](Cc2cnc[nH]2)C(=O)N[C@H](Cc2ccccc2)C(=O)N[C@@H](CCCN=C(N)N)C(=O)N[C@@H](Cc2c[nH]c3ccccc23)C(=O)N[C@@H](CS)C(N)=O)C1=O. The Morgan fingerprint density at radius 2 is 1.26 bits per heavy atom. The Balaban J connectivity index is 1.34. The smallest absolute Gasteiger partial charge is 0.325 e. The van der Waals surface area contributed by atoms with E-state index in [-0.39, 0.29) is 62.0 Å². The number of aromatic amines is 2. The van der Waals surface area contributed by atoms with Crippen LogP contribution in [0.1, 0.15) is 56.9 Å². The van der Waals surface area contributed by atoms with Gasteiger partial charge in [-0.3, -0.25) is 53.0 Å². The molecule has 4 aromatic rings. The van der Waals surface area contributed by atoms with Gasteiger partial charge in [-0.05, 0) is 49.3 Å². The fraction of sp³-hybridized carbons (Fsp3) is 0.440. The van der Waals surface area contributed by atoms with Crippen LogP contribution in [0.5, 0.6) is 0 Å². The van der Waals surface area contributed by atoms with E-state index in [1.54, 1.807) is 42.6 Å². The Kier molecular flexibility index (Phi) is 22.9. The number of imide groups is 1. The van der Waals surface area contributed by atoms with Gasteiger partial charge in [0.25, 0.3) is 5.91 Å². The molecule has 1 fully saturated rings. The van der Waals surface area contributed by atoms with Gasteiger partial charge in [0, 0.05) is 66.3 Å². The first-order valence-corrected chi connectivity index (χ1v) is 26.3. The molecule has 420 valence electrons. The number of urea groups is 1. The van der Waals surface area contributed by atoms with Crippen molar-refractivity contribution in [2.75, 3.05) is 24.6 Å². The third-order valence-electron chi connectivity index (χ3n) is 12.4. The number of nitrogens with two attached hydrogens (primary N) is 3. The number of hydrogen-bond donors (Lipinski definition) is 15. The van der Waals surface area contributed by atoms with Crippen LogP contribution in [0.2, 0.25) is 0 Å². The number of rotatable bonds is 30. The fourth-order valence-corrected chi connectivity index (χ4v) is 8.82. The van der Waals surface area contributed by atoms with Crippen molar-refractivity contribution >= 4 is 101 Å². The molecule has 11 amide bonds. The first-order chi connectivity index (χ1) is 37.2. The zero-order valence-corrected chi connectivity index (χ0v) is 45.0. The van der Waals surface area contributed by atoms with Gasteiger partial charge >= 0.3 is 6.03 Å². The molecule has 8 atom stereocenters. The summed E-state index contributed by atoms with van der Waals surface area (Å²) in [6, 6.07) is 4.98. The van der Waals surface area contributed by atoms with Crippen LogP contribution >= 0.6 is 25.3 Å². The van der Waals surface area contributed by atoms with Gasteiger partial charge in [0.05, 0.1) is 6.33 Å². The third-order valence-corrected chi connectivity index (χ3v) is 13.1. The van der Waals surface area contributed by atoms with Crippen LogP contribution in [0.4, 0.5) is 4.79 Å². The number of thiol groups is 2. The normalized spacial score (nSPS) is 15.8. The van der Waals surface area contributed by atoms with E-state index in [1.807, 2.05) is 32.0 Å². The van der Waals surface area contributed by atoms with Crippen LogP contribution < -0.4 is 59.7 Å². The number of nitrogens with one attached hydrogen (secondary N) is 10. The second-order valence-electron chi connectivity index (χ2n) is 19.0. The van der Waals surface area contributed by atoms with Crippen molar-refractivity contribution < 1.29 is 47.9 Å². The number of hydrogen-bond acceptors (Lipinski definition) is 14. The summed E-state index contributed by atoms with van der Waals surface area (Å²) in [5.74, 6) is -7.77. The van der Waals surface area contributed by atoms with Crippen molar-refractivity contribution in [2.24, 2.45) is 28.1 Å². The van der Waals surface area contributed by atoms with Crippen molar-refractivity contribution in [2.45, 2.75) is 108 Å². The predicted molar refractivity (Wildman–Crippen MR) is 294 cm³/mol. The molecule has 0 saturated carbocycles. The predicted octanol–water partition coefficient (Wildman–Crippen LogP) is -2.30. The average Bonchev–Trinajstić information content (AvgIpc) is 4.14. The summed E-state index contributed by atoms with van der Waals surface area (Å²) in [6.45, 7) is 4.46. The fourth-order valence-electron chi connectivity index (χ4n) is 8.29. The van der Waals surface area contributed by atoms with Crippen LogP contribution in [0.25, 0.3) is 10.9 Å². The molecule has 0 aliphatic carbocycles. The maximum Gasteiger partial charge on any atom is 0.325 e. The van der Waals surface area contributed by atoms with E-state index in [0.717, 1.165) is 15.8 Å². The topological polar surface area (TPSA) is 405 Å². The number of carbonyl (C=O) groups excluding carboxylic acids is 10. The lowest BCUT2D eigenvalue weighted by Crippen LogP contribution is -2.60. The largest absolute Gasteiger partial charge is 0.370 e. The maximum absolute atomic E-state index is 14.6. The Morgan fingerprint density at radius 3 is 1.87 bits per heavy atom. The molecule has 1 aliphatic rings. The summed E-state index contributed by atoms with van der Waals surface area (Å²) in [6.07, 6.45) is 4.52. The molecule has 28 heteroatoms. The number of nitrogens with zero attached hydrogens (tertiary/aromatic N) is 3. The first-order valence-electron chi connectivity index (χ1n) is 25.0. The molecule has 5 rings (SSSR count). The van der Waals surface area contributed by atoms with Crippen molar-refractivity contribution in [3.05, 3.63) is 90.1 Å². The van der Waals surface area contributed by atoms with E-state index in [1.165, 1.54) is 19.4 Å². The number of imidazole rings is 1. The highest BCUT2D eigenvalue weighted by atomic mass is 32.1. The summed E-state index contributed by atoms with van der Waals surface area (Å²) in [7, 11) is 0. The number of benzene rings is 2. The molecular weight excluding hydrogens is 1050 g/mol. The summed E-state index contributed by atoms with van der Waals surface area (Å²) in [5, 5.41) is 21.6. The molecule has 3 heterocycles. The number of primary amides is 1. The zero-order valence-electron chi connectivity index (χ0n) is 43.2. The Bertz CT molecular complexity index is 2790. The minimum Gasteiger partial charge on any atom is -0.370 e. The van der Waals surface area contributed by atoms with Gasteiger partial charge in [-0.1, -0.05) is 62.4 Å². The molecule has 2 aromatic heterocycles. The molecule has 78 heavy (non-hydrogen) atoms. The molecular formula is C50H68N16O10S2. The minimum atomic E-state index is -1.42. The minimum absolute atomic E-state index is 0.0471. The van der Waals surface area contributed by atoms with Crippen LogP contribution in [0, 0.1) is 5.92 Å². The number of aliphatic imine (C=N–C) groups is 1. The zero-order chi connectivity index (χ0) is 57.1. The van der Waals surface area contributed by atoms with E-state index in [9.17, 15) is 47.9 Å². The van der Waals surface area contributed by atoms with Gasteiger partial charge < -0.3 is 69.7 Å². The Labute approximate surface area is 460 Å². The standard InChI is InChI=1S/C50H68N16O10S2/c1-26(2)16-37-48(75)66(50(76)65-37)22-40(67)59-39(24-78)47(74)58-27(3)42(69)61-36(19-30-21-54-25-57-30)46(73)62-34(17-28-10-5-4-6-11-28)44(71)60-33(14-9-15-55-49(52)53)43(70)63-35(45(72)64-38(23-77)41(51)68)18-29-20-56-32-13-8-7-12-31(29)32/h4-8,10-13,20-21,25-27,33-39,56,77-78H,9,14-19,22-24H2,1-3H3,(H2,51,68)(H,54,57)(H,58,74)(H,59,67)(H,60,71)(H,61,69)(H,62,73)(H,63,70)(H,64,72)(H,65,76)(H4,52,53,55)/t27-,33+,34-,35+,36+,37+,38+,39+/m1/s1. The van der Waals surface area contributed by atoms with Crippen LogP contribution in [-0.2, 0) is 62.4 Å². The lowest BCUT2D eigenvalue weighted by molar-refractivity contribution is -0.135. The van der Waals surface area contributed by atoms with E-state index in [4.69, 9.17) is 17.2 Å². The molecule has 0 spiro atoms. The van der Waals surface area contributed by atoms with Crippen molar-refractivity contribution in [3.8, 4) is 0 Å². The Hall–Kier alpha value is -8.14. The second kappa shape index (κ2) is 29.4. The van der Waals surface area contributed by atoms with Gasteiger partial charge in [-0.15, -0.1) is 0 Å². The van der Waals surface area contributed by atoms with Gasteiger partial charge in [0.1, 0.15) is 54.9 Å². The first kappa shape index (κ1) is 60.7. The molecule has 0 radical (unpaired) electrons. The molecule has 0 bridgehead atoms. The lowest BCUT2D eigenvalue weighted by atomic mass is 10.0. The molecule has 1 saturated heterocycles. The van der Waals surface area contributed by atoms with Crippen molar-refractivity contribution in [1.29, 1.82) is 0 Å². The average molecular weight is 1120 g/mol. The molecule has 2 aromatic carbocycles. The number of aromatic nitrogens is 3. The monoisotopic (exact) mass is 1120 g/mol. The molecule has 16 N–H and O–H groups in total. The quantitative estimate of drug-likeness (QED) is 0.00860. The maximum atomic E-state index is 14.6. The highest BCUT2D eigenvalue weighted by molar-refractivity contribution is 7.80. The summed E-state index contributed by atoms with van der Waals surface area (Å²) >= 11 is 8.33. The summed E-state index contributed by atoms with van der Waals surface area (Å²) in [4.78, 5) is 150.